The number of aryl methyl sites for hydroxylation is 1. The van der Waals surface area contributed by atoms with E-state index in [4.69, 9.17) is 17.3 Å². The van der Waals surface area contributed by atoms with Crippen molar-refractivity contribution in [3.8, 4) is 0 Å². The van der Waals surface area contributed by atoms with Gasteiger partial charge in [-0.25, -0.2) is 4.99 Å². The number of rotatable bonds is 1. The van der Waals surface area contributed by atoms with Gasteiger partial charge in [0.05, 0.1) is 5.54 Å². The Hall–Kier alpha value is -1.22. The summed E-state index contributed by atoms with van der Waals surface area (Å²) in [6.07, 6.45) is 0. The fourth-order valence-corrected chi connectivity index (χ4v) is 1.39. The minimum Gasteiger partial charge on any atom is -0.370 e. The van der Waals surface area contributed by atoms with Gasteiger partial charge in [-0.1, -0.05) is 17.7 Å². The van der Waals surface area contributed by atoms with Gasteiger partial charge in [0, 0.05) is 10.7 Å². The highest BCUT2D eigenvalue weighted by molar-refractivity contribution is 6.31. The van der Waals surface area contributed by atoms with Gasteiger partial charge >= 0.3 is 0 Å². The van der Waals surface area contributed by atoms with Crippen LogP contribution in [-0.2, 0) is 0 Å². The summed E-state index contributed by atoms with van der Waals surface area (Å²) in [6, 6.07) is 5.70. The normalized spacial score (nSPS) is 12.7. The van der Waals surface area contributed by atoms with Crippen LogP contribution in [0.15, 0.2) is 23.2 Å². The number of aliphatic imine (C=N–C) groups is 1. The van der Waals surface area contributed by atoms with Gasteiger partial charge in [0.2, 0.25) is 0 Å². The molecule has 4 heteroatoms. The fraction of sp³-hybridized carbons (Fsp3) is 0.417. The molecule has 0 saturated heterocycles. The molecule has 1 rings (SSSR count). The van der Waals surface area contributed by atoms with Gasteiger partial charge in [-0.3, -0.25) is 0 Å². The summed E-state index contributed by atoms with van der Waals surface area (Å²) in [5.74, 6) is 0.396. The quantitative estimate of drug-likeness (QED) is 0.584. The monoisotopic (exact) mass is 239 g/mol. The molecule has 3 nitrogen and oxygen atoms in total. The first kappa shape index (κ1) is 12.8. The topological polar surface area (TPSA) is 50.4 Å². The van der Waals surface area contributed by atoms with Crippen LogP contribution >= 0.6 is 11.6 Å². The number of hydrogen-bond donors (Lipinski definition) is 2. The van der Waals surface area contributed by atoms with Crippen LogP contribution in [0.25, 0.3) is 0 Å². The van der Waals surface area contributed by atoms with Gasteiger partial charge < -0.3 is 11.1 Å². The summed E-state index contributed by atoms with van der Waals surface area (Å²) >= 11 is 6.01. The maximum absolute atomic E-state index is 6.01. The predicted molar refractivity (Wildman–Crippen MR) is 71.2 cm³/mol. The van der Waals surface area contributed by atoms with E-state index >= 15 is 0 Å². The zero-order valence-corrected chi connectivity index (χ0v) is 10.9. The van der Waals surface area contributed by atoms with Gasteiger partial charge in [-0.05, 0) is 45.4 Å². The van der Waals surface area contributed by atoms with Crippen LogP contribution in [0.2, 0.25) is 5.02 Å². The number of anilines is 1. The second-order valence-electron chi connectivity index (χ2n) is 4.76. The molecule has 0 aliphatic carbocycles. The van der Waals surface area contributed by atoms with Crippen LogP contribution in [-0.4, -0.2) is 11.5 Å². The molecule has 0 bridgehead atoms. The lowest BCUT2D eigenvalue weighted by Gasteiger charge is -2.14. The zero-order valence-electron chi connectivity index (χ0n) is 10.1. The number of hydrogen-bond acceptors (Lipinski definition) is 1. The maximum atomic E-state index is 6.01. The molecule has 88 valence electrons. The first-order valence-corrected chi connectivity index (χ1v) is 5.54. The molecular weight excluding hydrogens is 222 g/mol. The minimum absolute atomic E-state index is 0.189. The van der Waals surface area contributed by atoms with Gasteiger partial charge in [-0.2, -0.15) is 0 Å². The molecule has 0 aliphatic heterocycles. The molecule has 3 N–H and O–H groups in total. The molecule has 0 fully saturated rings. The van der Waals surface area contributed by atoms with E-state index in [0.29, 0.717) is 11.0 Å². The molecule has 0 radical (unpaired) electrons. The van der Waals surface area contributed by atoms with E-state index in [2.05, 4.69) is 10.3 Å². The van der Waals surface area contributed by atoms with E-state index in [0.717, 1.165) is 11.3 Å². The number of nitrogens with two attached hydrogens (primary N) is 1. The Balaban J connectivity index is 2.81. The highest BCUT2D eigenvalue weighted by Crippen LogP contribution is 2.19. The molecule has 0 unspecified atom stereocenters. The largest absolute Gasteiger partial charge is 0.370 e. The Kier molecular flexibility index (Phi) is 3.81. The van der Waals surface area contributed by atoms with E-state index in [-0.39, 0.29) is 5.54 Å². The van der Waals surface area contributed by atoms with E-state index < -0.39 is 0 Å². The van der Waals surface area contributed by atoms with Crippen molar-refractivity contribution < 1.29 is 0 Å². The summed E-state index contributed by atoms with van der Waals surface area (Å²) in [5, 5.41) is 3.73. The van der Waals surface area contributed by atoms with E-state index in [1.807, 2.05) is 45.9 Å². The van der Waals surface area contributed by atoms with Crippen molar-refractivity contribution >= 4 is 23.2 Å². The lowest BCUT2D eigenvalue weighted by Crippen LogP contribution is -2.27. The van der Waals surface area contributed by atoms with E-state index in [1.165, 1.54) is 0 Å². The SMILES string of the molecule is Cc1ccc(NC(N)=NC(C)(C)C)cc1Cl. The second kappa shape index (κ2) is 4.74. The molecule has 0 heterocycles. The van der Waals surface area contributed by atoms with E-state index in [1.54, 1.807) is 0 Å². The van der Waals surface area contributed by atoms with Gasteiger partial charge in [0.25, 0.3) is 0 Å². The highest BCUT2D eigenvalue weighted by Gasteiger charge is 2.08. The first-order chi connectivity index (χ1) is 7.28. The van der Waals surface area contributed by atoms with Gasteiger partial charge in [-0.15, -0.1) is 0 Å². The lowest BCUT2D eigenvalue weighted by atomic mass is 10.1. The predicted octanol–water partition coefficient (Wildman–Crippen LogP) is 3.17. The Morgan fingerprint density at radius 1 is 1.38 bits per heavy atom. The zero-order chi connectivity index (χ0) is 12.3. The third kappa shape index (κ3) is 4.11. The Morgan fingerprint density at radius 3 is 2.50 bits per heavy atom. The van der Waals surface area contributed by atoms with Crippen molar-refractivity contribution in [2.45, 2.75) is 33.2 Å². The molecule has 0 saturated carbocycles. The summed E-state index contributed by atoms with van der Waals surface area (Å²) in [7, 11) is 0. The number of halogens is 1. The Labute approximate surface area is 102 Å². The Morgan fingerprint density at radius 2 is 2.00 bits per heavy atom. The van der Waals surface area contributed by atoms with Crippen molar-refractivity contribution in [2.75, 3.05) is 5.32 Å². The lowest BCUT2D eigenvalue weighted by molar-refractivity contribution is 0.583. The van der Waals surface area contributed by atoms with E-state index in [9.17, 15) is 0 Å². The van der Waals surface area contributed by atoms with Crippen molar-refractivity contribution in [1.82, 2.24) is 0 Å². The van der Waals surface area contributed by atoms with Crippen LogP contribution in [0.3, 0.4) is 0 Å². The first-order valence-electron chi connectivity index (χ1n) is 5.16. The Bertz CT molecular complexity index is 405. The van der Waals surface area contributed by atoms with Crippen molar-refractivity contribution in [2.24, 2.45) is 10.7 Å². The smallest absolute Gasteiger partial charge is 0.193 e. The van der Waals surface area contributed by atoms with Crippen LogP contribution in [0, 0.1) is 6.92 Å². The molecule has 0 aliphatic rings. The summed E-state index contributed by atoms with van der Waals surface area (Å²) in [5.41, 5.74) is 7.48. The number of guanidine groups is 1. The van der Waals surface area contributed by atoms with Crippen LogP contribution in [0.1, 0.15) is 26.3 Å². The highest BCUT2D eigenvalue weighted by atomic mass is 35.5. The summed E-state index contributed by atoms with van der Waals surface area (Å²) in [4.78, 5) is 4.30. The number of benzene rings is 1. The number of nitrogens with one attached hydrogen (secondary N) is 1. The molecular formula is C12H18ClN3. The molecule has 16 heavy (non-hydrogen) atoms. The van der Waals surface area contributed by atoms with Gasteiger partial charge in [0.15, 0.2) is 5.96 Å². The van der Waals surface area contributed by atoms with Crippen LogP contribution in [0.5, 0.6) is 0 Å². The summed E-state index contributed by atoms with van der Waals surface area (Å²) in [6.45, 7) is 7.93. The number of nitrogens with zero attached hydrogens (tertiary/aromatic N) is 1. The van der Waals surface area contributed by atoms with Crippen molar-refractivity contribution in [3.05, 3.63) is 28.8 Å². The van der Waals surface area contributed by atoms with Crippen LogP contribution in [0.4, 0.5) is 5.69 Å². The standard InChI is InChI=1S/C12H18ClN3/c1-8-5-6-9(7-10(8)13)15-11(14)16-12(2,3)4/h5-7H,1-4H3,(H3,14,15,16). The second-order valence-corrected chi connectivity index (χ2v) is 5.16. The molecule has 1 aromatic carbocycles. The third-order valence-corrected chi connectivity index (χ3v) is 2.31. The average molecular weight is 240 g/mol. The van der Waals surface area contributed by atoms with Crippen molar-refractivity contribution in [1.29, 1.82) is 0 Å². The molecule has 0 amide bonds. The average Bonchev–Trinajstić information content (AvgIpc) is 2.08. The third-order valence-electron chi connectivity index (χ3n) is 1.90. The maximum Gasteiger partial charge on any atom is 0.193 e. The van der Waals surface area contributed by atoms with Gasteiger partial charge in [0.1, 0.15) is 0 Å². The van der Waals surface area contributed by atoms with Crippen molar-refractivity contribution in [3.63, 3.8) is 0 Å². The molecule has 0 atom stereocenters. The minimum atomic E-state index is -0.189. The summed E-state index contributed by atoms with van der Waals surface area (Å²) < 4.78 is 0. The molecule has 0 spiro atoms. The van der Waals surface area contributed by atoms with Crippen LogP contribution < -0.4 is 11.1 Å². The molecule has 1 aromatic rings. The fourth-order valence-electron chi connectivity index (χ4n) is 1.21. The molecule has 0 aromatic heterocycles.